The van der Waals surface area contributed by atoms with Crippen molar-refractivity contribution >= 4 is 46.4 Å². The van der Waals surface area contributed by atoms with Crippen LogP contribution in [0.2, 0.25) is 10.0 Å². The van der Waals surface area contributed by atoms with Gasteiger partial charge in [0.05, 0.1) is 4.88 Å². The fourth-order valence-corrected chi connectivity index (χ4v) is 4.05. The third-order valence-electron chi connectivity index (χ3n) is 3.38. The van der Waals surface area contributed by atoms with Crippen molar-refractivity contribution in [2.75, 3.05) is 0 Å². The molecule has 114 valence electrons. The number of carbonyl (C=O) groups is 2. The SMILES string of the molecule is O=C(NNC(=O)c1cc2c(s1)CCC2)c1cc(Cl)cc(Cl)c1. The van der Waals surface area contributed by atoms with E-state index in [0.717, 1.165) is 19.3 Å². The Morgan fingerprint density at radius 3 is 2.32 bits per heavy atom. The fraction of sp³-hybridized carbons (Fsp3) is 0.200. The van der Waals surface area contributed by atoms with Crippen LogP contribution >= 0.6 is 34.5 Å². The molecule has 4 nitrogen and oxygen atoms in total. The largest absolute Gasteiger partial charge is 0.279 e. The molecule has 0 spiro atoms. The average Bonchev–Trinajstić information content (AvgIpc) is 3.04. The Kier molecular flexibility index (Phi) is 4.38. The van der Waals surface area contributed by atoms with Crippen LogP contribution in [0.3, 0.4) is 0 Å². The third-order valence-corrected chi connectivity index (χ3v) is 5.06. The first-order valence-electron chi connectivity index (χ1n) is 6.71. The van der Waals surface area contributed by atoms with Crippen molar-refractivity contribution in [2.24, 2.45) is 0 Å². The smallest absolute Gasteiger partial charge is 0.267 e. The summed E-state index contributed by atoms with van der Waals surface area (Å²) in [7, 11) is 0. The second-order valence-electron chi connectivity index (χ2n) is 4.98. The minimum absolute atomic E-state index is 0.284. The lowest BCUT2D eigenvalue weighted by atomic mass is 10.2. The summed E-state index contributed by atoms with van der Waals surface area (Å²) in [6.07, 6.45) is 3.20. The quantitative estimate of drug-likeness (QED) is 0.809. The molecule has 1 aliphatic carbocycles. The van der Waals surface area contributed by atoms with Gasteiger partial charge in [-0.25, -0.2) is 0 Å². The van der Waals surface area contributed by atoms with Crippen molar-refractivity contribution in [1.82, 2.24) is 10.9 Å². The minimum atomic E-state index is -0.471. The molecule has 2 aromatic rings. The van der Waals surface area contributed by atoms with Gasteiger partial charge in [0.25, 0.3) is 11.8 Å². The molecule has 2 amide bonds. The Labute approximate surface area is 141 Å². The van der Waals surface area contributed by atoms with Gasteiger partial charge in [0, 0.05) is 20.5 Å². The van der Waals surface area contributed by atoms with E-state index < -0.39 is 5.91 Å². The van der Waals surface area contributed by atoms with Crippen LogP contribution in [-0.4, -0.2) is 11.8 Å². The van der Waals surface area contributed by atoms with Crippen LogP contribution in [0.5, 0.6) is 0 Å². The van der Waals surface area contributed by atoms with E-state index in [1.165, 1.54) is 40.0 Å². The number of carbonyl (C=O) groups excluding carboxylic acids is 2. The van der Waals surface area contributed by atoms with E-state index in [4.69, 9.17) is 23.2 Å². The maximum absolute atomic E-state index is 12.1. The van der Waals surface area contributed by atoms with E-state index in [1.54, 1.807) is 0 Å². The van der Waals surface area contributed by atoms with E-state index in [9.17, 15) is 9.59 Å². The summed E-state index contributed by atoms with van der Waals surface area (Å²) in [6, 6.07) is 6.39. The van der Waals surface area contributed by atoms with Gasteiger partial charge in [-0.1, -0.05) is 23.2 Å². The molecule has 2 N–H and O–H groups in total. The number of rotatable bonds is 2. The maximum atomic E-state index is 12.1. The Balaban J connectivity index is 1.63. The molecule has 0 aliphatic heterocycles. The van der Waals surface area contributed by atoms with Gasteiger partial charge in [-0.2, -0.15) is 0 Å². The summed E-state index contributed by atoms with van der Waals surface area (Å²) >= 11 is 13.2. The second-order valence-corrected chi connectivity index (χ2v) is 6.99. The lowest BCUT2D eigenvalue weighted by molar-refractivity contribution is 0.0849. The van der Waals surface area contributed by atoms with E-state index in [-0.39, 0.29) is 11.5 Å². The van der Waals surface area contributed by atoms with Gasteiger partial charge < -0.3 is 0 Å². The number of thiophene rings is 1. The van der Waals surface area contributed by atoms with Gasteiger partial charge in [-0.3, -0.25) is 20.4 Å². The average molecular weight is 355 g/mol. The van der Waals surface area contributed by atoms with Crippen LogP contribution in [0, 0.1) is 0 Å². The van der Waals surface area contributed by atoms with Crippen LogP contribution in [-0.2, 0) is 12.8 Å². The number of hydrogen-bond donors (Lipinski definition) is 2. The molecular formula is C15H12Cl2N2O2S. The molecule has 1 aromatic heterocycles. The van der Waals surface area contributed by atoms with Crippen molar-refractivity contribution < 1.29 is 9.59 Å². The minimum Gasteiger partial charge on any atom is -0.267 e. The second kappa shape index (κ2) is 6.28. The molecule has 1 aliphatic rings. The molecule has 0 saturated carbocycles. The van der Waals surface area contributed by atoms with Crippen LogP contribution in [0.1, 0.15) is 36.9 Å². The summed E-state index contributed by atoms with van der Waals surface area (Å²) in [4.78, 5) is 25.9. The van der Waals surface area contributed by atoms with Crippen LogP contribution in [0.15, 0.2) is 24.3 Å². The molecule has 0 bridgehead atoms. The monoisotopic (exact) mass is 354 g/mol. The Morgan fingerprint density at radius 1 is 0.955 bits per heavy atom. The van der Waals surface area contributed by atoms with Crippen molar-refractivity contribution in [3.63, 3.8) is 0 Å². The molecule has 7 heteroatoms. The molecular weight excluding hydrogens is 343 g/mol. The van der Waals surface area contributed by atoms with Crippen LogP contribution in [0.25, 0.3) is 0 Å². The highest BCUT2D eigenvalue weighted by Gasteiger charge is 2.19. The first-order chi connectivity index (χ1) is 10.5. The Morgan fingerprint density at radius 2 is 1.64 bits per heavy atom. The van der Waals surface area contributed by atoms with E-state index in [0.29, 0.717) is 14.9 Å². The summed E-state index contributed by atoms with van der Waals surface area (Å²) in [5.41, 5.74) is 6.30. The summed E-state index contributed by atoms with van der Waals surface area (Å²) in [6.45, 7) is 0. The molecule has 3 rings (SSSR count). The molecule has 0 atom stereocenters. The third kappa shape index (κ3) is 3.27. The molecule has 0 saturated heterocycles. The number of benzene rings is 1. The first-order valence-corrected chi connectivity index (χ1v) is 8.28. The number of amides is 2. The summed E-state index contributed by atoms with van der Waals surface area (Å²) in [5.74, 6) is -0.789. The zero-order valence-electron chi connectivity index (χ0n) is 11.4. The molecule has 1 aromatic carbocycles. The fourth-order valence-electron chi connectivity index (χ4n) is 2.37. The predicted molar refractivity (Wildman–Crippen MR) is 87.7 cm³/mol. The Hall–Kier alpha value is -1.56. The van der Waals surface area contributed by atoms with Gasteiger partial charge >= 0.3 is 0 Å². The van der Waals surface area contributed by atoms with Crippen molar-refractivity contribution in [3.05, 3.63) is 55.2 Å². The van der Waals surface area contributed by atoms with E-state index in [1.807, 2.05) is 6.07 Å². The first kappa shape index (κ1) is 15.3. The highest BCUT2D eigenvalue weighted by atomic mass is 35.5. The molecule has 0 fully saturated rings. The van der Waals surface area contributed by atoms with E-state index in [2.05, 4.69) is 10.9 Å². The van der Waals surface area contributed by atoms with Crippen molar-refractivity contribution in [3.8, 4) is 0 Å². The van der Waals surface area contributed by atoms with Crippen molar-refractivity contribution in [2.45, 2.75) is 19.3 Å². The Bertz CT molecular complexity index is 716. The lowest BCUT2D eigenvalue weighted by Crippen LogP contribution is -2.41. The number of aryl methyl sites for hydroxylation is 2. The van der Waals surface area contributed by atoms with E-state index >= 15 is 0 Å². The van der Waals surface area contributed by atoms with Gasteiger partial charge in [0.1, 0.15) is 0 Å². The number of hydrogen-bond acceptors (Lipinski definition) is 3. The normalized spacial score (nSPS) is 12.8. The lowest BCUT2D eigenvalue weighted by Gasteiger charge is -2.07. The topological polar surface area (TPSA) is 58.2 Å². The summed E-state index contributed by atoms with van der Waals surface area (Å²) in [5, 5.41) is 0.720. The van der Waals surface area contributed by atoms with Gasteiger partial charge in [-0.05, 0) is 49.1 Å². The van der Waals surface area contributed by atoms with Crippen molar-refractivity contribution in [1.29, 1.82) is 0 Å². The van der Waals surface area contributed by atoms with Gasteiger partial charge in [0.15, 0.2) is 0 Å². The standard InChI is InChI=1S/C15H12Cl2N2O2S/c16-10-4-9(5-11(17)7-10)14(20)18-19-15(21)13-6-8-2-1-3-12(8)22-13/h4-7H,1-3H2,(H,18,20)(H,19,21). The number of halogens is 2. The number of fused-ring (bicyclic) bond motifs is 1. The zero-order chi connectivity index (χ0) is 15.7. The van der Waals surface area contributed by atoms with Crippen LogP contribution < -0.4 is 10.9 Å². The molecule has 0 unspecified atom stereocenters. The zero-order valence-corrected chi connectivity index (χ0v) is 13.7. The highest BCUT2D eigenvalue weighted by Crippen LogP contribution is 2.30. The molecule has 22 heavy (non-hydrogen) atoms. The van der Waals surface area contributed by atoms with Gasteiger partial charge in [-0.15, -0.1) is 11.3 Å². The number of hydrazine groups is 1. The predicted octanol–water partition coefficient (Wildman–Crippen LogP) is 3.62. The highest BCUT2D eigenvalue weighted by molar-refractivity contribution is 7.14. The van der Waals surface area contributed by atoms with Crippen LogP contribution in [0.4, 0.5) is 0 Å². The summed E-state index contributed by atoms with van der Waals surface area (Å²) < 4.78 is 0. The number of nitrogens with one attached hydrogen (secondary N) is 2. The molecule has 0 radical (unpaired) electrons. The molecule has 1 heterocycles. The maximum Gasteiger partial charge on any atom is 0.279 e. The van der Waals surface area contributed by atoms with Gasteiger partial charge in [0.2, 0.25) is 0 Å².